The van der Waals surface area contributed by atoms with Crippen molar-refractivity contribution in [3.63, 3.8) is 0 Å². The molecule has 0 spiro atoms. The molecule has 0 radical (unpaired) electrons. The van der Waals surface area contributed by atoms with Crippen LogP contribution in [-0.2, 0) is 0 Å². The Balaban J connectivity index is 1.58. The van der Waals surface area contributed by atoms with Crippen LogP contribution in [0.3, 0.4) is 0 Å². The fraction of sp³-hybridized carbons (Fsp3) is 0.152. The van der Waals surface area contributed by atoms with Crippen molar-refractivity contribution >= 4 is 10.8 Å². The van der Waals surface area contributed by atoms with Crippen LogP contribution in [0.15, 0.2) is 103 Å². The van der Waals surface area contributed by atoms with Crippen molar-refractivity contribution in [1.82, 2.24) is 0 Å². The van der Waals surface area contributed by atoms with Crippen LogP contribution in [0.5, 0.6) is 0 Å². The van der Waals surface area contributed by atoms with Crippen LogP contribution >= 0.6 is 0 Å². The molecule has 0 aliphatic heterocycles. The lowest BCUT2D eigenvalue weighted by atomic mass is 9.76. The van der Waals surface area contributed by atoms with Crippen LogP contribution in [0, 0.1) is 0 Å². The zero-order chi connectivity index (χ0) is 22.1. The first-order valence-corrected chi connectivity index (χ1v) is 12.1. The molecule has 0 saturated carbocycles. The molecule has 0 nitrogen and oxygen atoms in total. The average Bonchev–Trinajstić information content (AvgIpc) is 3.36. The quantitative estimate of drug-likeness (QED) is 0.266. The molecule has 0 amide bonds. The fourth-order valence-electron chi connectivity index (χ4n) is 6.55. The van der Waals surface area contributed by atoms with Crippen molar-refractivity contribution in [3.05, 3.63) is 131 Å². The zero-order valence-corrected chi connectivity index (χ0v) is 19.0. The van der Waals surface area contributed by atoms with Gasteiger partial charge in [-0.1, -0.05) is 117 Å². The molecule has 0 N–H and O–H groups in total. The molecule has 0 bridgehead atoms. The first-order chi connectivity index (χ1) is 16.2. The molecular formula is C33H26. The zero-order valence-electron chi connectivity index (χ0n) is 19.0. The average molecular weight is 423 g/mol. The number of benzene rings is 5. The Morgan fingerprint density at radius 1 is 0.515 bits per heavy atom. The summed E-state index contributed by atoms with van der Waals surface area (Å²) in [6.45, 7) is 4.67. The van der Waals surface area contributed by atoms with Gasteiger partial charge in [-0.25, -0.2) is 0 Å². The second kappa shape index (κ2) is 6.93. The van der Waals surface area contributed by atoms with Crippen LogP contribution in [0.1, 0.15) is 59.4 Å². The Kier molecular flexibility index (Phi) is 3.96. The van der Waals surface area contributed by atoms with E-state index in [1.165, 1.54) is 60.8 Å². The molecular weight excluding hydrogens is 396 g/mol. The van der Waals surface area contributed by atoms with Gasteiger partial charge in [-0.15, -0.1) is 0 Å². The number of fused-ring (bicyclic) bond motifs is 8. The van der Waals surface area contributed by atoms with Crippen molar-refractivity contribution in [2.24, 2.45) is 0 Å². The lowest BCUT2D eigenvalue weighted by molar-refractivity contribution is 0.704. The summed E-state index contributed by atoms with van der Waals surface area (Å²) in [6.07, 6.45) is 0. The second-order valence-electron chi connectivity index (χ2n) is 9.84. The van der Waals surface area contributed by atoms with Gasteiger partial charge in [0.05, 0.1) is 0 Å². The summed E-state index contributed by atoms with van der Waals surface area (Å²) in [5, 5.41) is 2.69. The highest BCUT2D eigenvalue weighted by Gasteiger charge is 2.42. The number of rotatable bonds is 2. The maximum Gasteiger partial charge on any atom is 0.0214 e. The second-order valence-corrected chi connectivity index (χ2v) is 9.84. The van der Waals surface area contributed by atoms with Crippen molar-refractivity contribution in [2.45, 2.75) is 31.6 Å². The van der Waals surface area contributed by atoms with Crippen molar-refractivity contribution in [2.75, 3.05) is 0 Å². The van der Waals surface area contributed by atoms with Gasteiger partial charge in [0.2, 0.25) is 0 Å². The Labute approximate surface area is 195 Å². The molecule has 158 valence electrons. The first kappa shape index (κ1) is 18.9. The van der Waals surface area contributed by atoms with E-state index in [-0.39, 0.29) is 0 Å². The molecule has 5 aromatic rings. The molecule has 0 heterocycles. The summed E-state index contributed by atoms with van der Waals surface area (Å²) in [5.74, 6) is 1.14. The monoisotopic (exact) mass is 422 g/mol. The minimum absolute atomic E-state index is 0.322. The van der Waals surface area contributed by atoms with E-state index in [0.717, 1.165) is 0 Å². The van der Waals surface area contributed by atoms with Crippen molar-refractivity contribution in [3.8, 4) is 22.3 Å². The van der Waals surface area contributed by atoms with E-state index in [2.05, 4.69) is 117 Å². The van der Waals surface area contributed by atoms with Crippen LogP contribution in [-0.4, -0.2) is 0 Å². The molecule has 7 rings (SSSR count). The number of hydrogen-bond donors (Lipinski definition) is 0. The molecule has 0 heteroatoms. The van der Waals surface area contributed by atoms with Crippen molar-refractivity contribution < 1.29 is 0 Å². The maximum atomic E-state index is 2.40. The minimum atomic E-state index is 0.322. The highest BCUT2D eigenvalue weighted by molar-refractivity contribution is 6.02. The maximum absolute atomic E-state index is 2.40. The van der Waals surface area contributed by atoms with E-state index in [4.69, 9.17) is 0 Å². The molecule has 2 aliphatic rings. The summed E-state index contributed by atoms with van der Waals surface area (Å²) in [6, 6.07) is 38.7. The largest absolute Gasteiger partial charge is 0.0619 e. The van der Waals surface area contributed by atoms with E-state index in [0.29, 0.717) is 17.8 Å². The fourth-order valence-corrected chi connectivity index (χ4v) is 6.55. The van der Waals surface area contributed by atoms with E-state index in [1.54, 1.807) is 0 Å². The van der Waals surface area contributed by atoms with E-state index in [1.807, 2.05) is 0 Å². The van der Waals surface area contributed by atoms with E-state index in [9.17, 15) is 0 Å². The molecule has 5 aromatic carbocycles. The van der Waals surface area contributed by atoms with Gasteiger partial charge in [0.25, 0.3) is 0 Å². The predicted octanol–water partition coefficient (Wildman–Crippen LogP) is 8.89. The highest BCUT2D eigenvalue weighted by Crippen LogP contribution is 2.60. The first-order valence-electron chi connectivity index (χ1n) is 12.1. The van der Waals surface area contributed by atoms with Crippen LogP contribution < -0.4 is 0 Å². The molecule has 2 unspecified atom stereocenters. The van der Waals surface area contributed by atoms with E-state index >= 15 is 0 Å². The Morgan fingerprint density at radius 3 is 2.00 bits per heavy atom. The topological polar surface area (TPSA) is 0 Å². The van der Waals surface area contributed by atoms with Gasteiger partial charge in [-0.3, -0.25) is 0 Å². The van der Waals surface area contributed by atoms with Gasteiger partial charge in [0.1, 0.15) is 0 Å². The smallest absolute Gasteiger partial charge is 0.0214 e. The standard InChI is InChI=1S/C33H26/c1-20(2)22-16-9-17-25-24-12-5-6-13-26(24)33(31(22)25)32-28-15-8-7-14-27(28)30-23-11-4-3-10-21(23)18-19-29(30)32/h3-20,32-33H,1-2H3. The van der Waals surface area contributed by atoms with Crippen molar-refractivity contribution in [1.29, 1.82) is 0 Å². The highest BCUT2D eigenvalue weighted by atomic mass is 14.4. The molecule has 33 heavy (non-hydrogen) atoms. The van der Waals surface area contributed by atoms with Crippen LogP contribution in [0.2, 0.25) is 0 Å². The third-order valence-electron chi connectivity index (χ3n) is 7.85. The van der Waals surface area contributed by atoms with Crippen LogP contribution in [0.25, 0.3) is 33.0 Å². The summed E-state index contributed by atoms with van der Waals surface area (Å²) in [5.41, 5.74) is 13.1. The molecule has 0 fully saturated rings. The summed E-state index contributed by atoms with van der Waals surface area (Å²) in [4.78, 5) is 0. The Morgan fingerprint density at radius 2 is 1.18 bits per heavy atom. The summed E-state index contributed by atoms with van der Waals surface area (Å²) in [7, 11) is 0. The SMILES string of the molecule is CC(C)c1cccc2c1C(C1c3ccccc3-c3c1ccc1ccccc31)c1ccccc1-2. The van der Waals surface area contributed by atoms with Crippen LogP contribution in [0.4, 0.5) is 0 Å². The van der Waals surface area contributed by atoms with Gasteiger partial charge in [0, 0.05) is 11.8 Å². The van der Waals surface area contributed by atoms with Gasteiger partial charge < -0.3 is 0 Å². The molecule has 0 aromatic heterocycles. The van der Waals surface area contributed by atoms with E-state index < -0.39 is 0 Å². The number of hydrogen-bond acceptors (Lipinski definition) is 0. The summed E-state index contributed by atoms with van der Waals surface area (Å²) < 4.78 is 0. The predicted molar refractivity (Wildman–Crippen MR) is 139 cm³/mol. The molecule has 2 atom stereocenters. The van der Waals surface area contributed by atoms with Gasteiger partial charge in [-0.05, 0) is 66.8 Å². The molecule has 2 aliphatic carbocycles. The van der Waals surface area contributed by atoms with Gasteiger partial charge in [0.15, 0.2) is 0 Å². The lowest BCUT2D eigenvalue weighted by Gasteiger charge is -2.27. The van der Waals surface area contributed by atoms with Gasteiger partial charge in [-0.2, -0.15) is 0 Å². The Hall–Kier alpha value is -3.64. The third-order valence-corrected chi connectivity index (χ3v) is 7.85. The lowest BCUT2D eigenvalue weighted by Crippen LogP contribution is -2.12. The minimum Gasteiger partial charge on any atom is -0.0619 e. The Bertz CT molecular complexity index is 1550. The van der Waals surface area contributed by atoms with Gasteiger partial charge >= 0.3 is 0 Å². The normalized spacial score (nSPS) is 17.7. The molecule has 0 saturated heterocycles. The third kappa shape index (κ3) is 2.52. The summed E-state index contributed by atoms with van der Waals surface area (Å²) >= 11 is 0.